The zero-order valence-corrected chi connectivity index (χ0v) is 27.2. The molecular formula is C34H35N5O4S2. The minimum absolute atomic E-state index is 0.207. The van der Waals surface area contributed by atoms with Gasteiger partial charge >= 0.3 is 0 Å². The van der Waals surface area contributed by atoms with Gasteiger partial charge in [-0.25, -0.2) is 4.98 Å². The highest BCUT2D eigenvalue weighted by Gasteiger charge is 2.33. The Bertz CT molecular complexity index is 1830. The fourth-order valence-electron chi connectivity index (χ4n) is 5.67. The number of ether oxygens (including phenoxy) is 2. The number of methoxy groups -OCH3 is 2. The first-order valence-electron chi connectivity index (χ1n) is 14.8. The number of carbonyl (C=O) groups is 1. The van der Waals surface area contributed by atoms with Crippen molar-refractivity contribution in [3.8, 4) is 11.5 Å². The van der Waals surface area contributed by atoms with Crippen LogP contribution >= 0.6 is 24.0 Å². The number of amides is 1. The van der Waals surface area contributed by atoms with Crippen molar-refractivity contribution in [2.45, 2.75) is 19.9 Å². The van der Waals surface area contributed by atoms with E-state index in [1.165, 1.54) is 17.3 Å². The average Bonchev–Trinajstić information content (AvgIpc) is 3.33. The first kappa shape index (κ1) is 30.8. The molecule has 6 rings (SSSR count). The summed E-state index contributed by atoms with van der Waals surface area (Å²) in [6, 6.07) is 20.0. The minimum atomic E-state index is -0.210. The van der Waals surface area contributed by atoms with Crippen LogP contribution < -0.4 is 19.9 Å². The van der Waals surface area contributed by atoms with Crippen LogP contribution in [0.15, 0.2) is 76.6 Å². The van der Waals surface area contributed by atoms with Gasteiger partial charge in [-0.3, -0.25) is 23.8 Å². The van der Waals surface area contributed by atoms with Crippen LogP contribution in [0.4, 0.5) is 5.82 Å². The maximum Gasteiger partial charge on any atom is 0.267 e. The van der Waals surface area contributed by atoms with E-state index < -0.39 is 0 Å². The number of nitrogens with zero attached hydrogens (tertiary/aromatic N) is 5. The Morgan fingerprint density at radius 3 is 2.42 bits per heavy atom. The number of rotatable bonds is 9. The normalized spacial score (nSPS) is 16.6. The number of piperazine rings is 1. The zero-order valence-electron chi connectivity index (χ0n) is 25.6. The molecule has 232 valence electrons. The lowest BCUT2D eigenvalue weighted by Crippen LogP contribution is -2.47. The van der Waals surface area contributed by atoms with E-state index in [0.717, 1.165) is 30.8 Å². The minimum Gasteiger partial charge on any atom is -0.493 e. The van der Waals surface area contributed by atoms with Crippen molar-refractivity contribution in [1.82, 2.24) is 19.2 Å². The number of pyridine rings is 1. The van der Waals surface area contributed by atoms with Crippen molar-refractivity contribution in [3.63, 3.8) is 0 Å². The van der Waals surface area contributed by atoms with Crippen LogP contribution in [0.1, 0.15) is 22.3 Å². The topological polar surface area (TPSA) is 79.6 Å². The molecule has 2 aromatic carbocycles. The third kappa shape index (κ3) is 6.61. The maximum absolute atomic E-state index is 14.0. The summed E-state index contributed by atoms with van der Waals surface area (Å²) in [4.78, 5) is 39.2. The molecule has 4 aromatic rings. The highest BCUT2D eigenvalue weighted by molar-refractivity contribution is 8.26. The average molecular weight is 642 g/mol. The van der Waals surface area contributed by atoms with Gasteiger partial charge in [0.05, 0.1) is 24.7 Å². The number of thioether (sulfide) groups is 1. The summed E-state index contributed by atoms with van der Waals surface area (Å²) in [5.41, 5.74) is 3.98. The Morgan fingerprint density at radius 2 is 1.69 bits per heavy atom. The molecule has 0 atom stereocenters. The number of benzene rings is 2. The molecule has 9 nitrogen and oxygen atoms in total. The molecule has 45 heavy (non-hydrogen) atoms. The smallest absolute Gasteiger partial charge is 0.267 e. The molecule has 0 unspecified atom stereocenters. The number of aryl methyl sites for hydroxylation is 1. The van der Waals surface area contributed by atoms with Gasteiger partial charge in [0.25, 0.3) is 11.5 Å². The highest BCUT2D eigenvalue weighted by Crippen LogP contribution is 2.34. The molecule has 0 bridgehead atoms. The molecule has 0 N–H and O–H groups in total. The van der Waals surface area contributed by atoms with Crippen LogP contribution in [0, 0.1) is 6.92 Å². The molecule has 0 saturated carbocycles. The number of anilines is 1. The van der Waals surface area contributed by atoms with Crippen molar-refractivity contribution >= 4 is 51.7 Å². The fraction of sp³-hybridized carbons (Fsp3) is 0.294. The molecule has 0 spiro atoms. The number of hydrogen-bond donors (Lipinski definition) is 0. The summed E-state index contributed by atoms with van der Waals surface area (Å²) in [7, 11) is 3.19. The molecule has 11 heteroatoms. The summed E-state index contributed by atoms with van der Waals surface area (Å²) in [5.74, 6) is 1.67. The summed E-state index contributed by atoms with van der Waals surface area (Å²) in [6.07, 6.45) is 4.06. The van der Waals surface area contributed by atoms with E-state index in [0.29, 0.717) is 63.8 Å². The lowest BCUT2D eigenvalue weighted by Gasteiger charge is -2.36. The van der Waals surface area contributed by atoms with E-state index >= 15 is 0 Å². The van der Waals surface area contributed by atoms with Gasteiger partial charge in [-0.05, 0) is 54.3 Å². The van der Waals surface area contributed by atoms with Crippen molar-refractivity contribution in [2.24, 2.45) is 0 Å². The van der Waals surface area contributed by atoms with Gasteiger partial charge < -0.3 is 14.4 Å². The van der Waals surface area contributed by atoms with E-state index in [4.69, 9.17) is 26.7 Å². The monoisotopic (exact) mass is 641 g/mol. The molecule has 1 amide bonds. The Kier molecular flexibility index (Phi) is 9.20. The fourth-order valence-corrected chi connectivity index (χ4v) is 6.97. The lowest BCUT2D eigenvalue weighted by molar-refractivity contribution is -0.122. The Balaban J connectivity index is 1.26. The predicted octanol–water partition coefficient (Wildman–Crippen LogP) is 4.79. The largest absolute Gasteiger partial charge is 0.493 e. The van der Waals surface area contributed by atoms with Crippen LogP contribution in [0.2, 0.25) is 0 Å². The summed E-state index contributed by atoms with van der Waals surface area (Å²) in [5, 5.41) is 0. The van der Waals surface area contributed by atoms with Crippen molar-refractivity contribution in [2.75, 3.05) is 51.8 Å². The van der Waals surface area contributed by atoms with Crippen molar-refractivity contribution in [1.29, 1.82) is 0 Å². The first-order valence-corrected chi connectivity index (χ1v) is 16.1. The van der Waals surface area contributed by atoms with E-state index in [2.05, 4.69) is 34.1 Å². The summed E-state index contributed by atoms with van der Waals surface area (Å²) >= 11 is 6.85. The molecule has 2 fully saturated rings. The van der Waals surface area contributed by atoms with Gasteiger partial charge in [0.2, 0.25) is 0 Å². The Hall–Kier alpha value is -4.19. The summed E-state index contributed by atoms with van der Waals surface area (Å²) < 4.78 is 12.8. The van der Waals surface area contributed by atoms with Crippen LogP contribution in [0.5, 0.6) is 11.5 Å². The van der Waals surface area contributed by atoms with Crippen LogP contribution in [-0.2, 0) is 17.8 Å². The van der Waals surface area contributed by atoms with Crippen LogP contribution in [0.25, 0.3) is 11.7 Å². The summed E-state index contributed by atoms with van der Waals surface area (Å²) in [6.45, 7) is 6.32. The van der Waals surface area contributed by atoms with Gasteiger partial charge in [-0.2, -0.15) is 0 Å². The quantitative estimate of drug-likeness (QED) is 0.189. The van der Waals surface area contributed by atoms with Gasteiger partial charge in [0.15, 0.2) is 11.5 Å². The van der Waals surface area contributed by atoms with Gasteiger partial charge in [-0.1, -0.05) is 66.4 Å². The van der Waals surface area contributed by atoms with E-state index in [1.807, 2.05) is 43.3 Å². The maximum atomic E-state index is 14.0. The van der Waals surface area contributed by atoms with Crippen molar-refractivity contribution < 1.29 is 14.3 Å². The third-order valence-electron chi connectivity index (χ3n) is 8.13. The van der Waals surface area contributed by atoms with E-state index in [-0.39, 0.29) is 11.5 Å². The van der Waals surface area contributed by atoms with E-state index in [9.17, 15) is 9.59 Å². The number of hydrogen-bond acceptors (Lipinski definition) is 9. The van der Waals surface area contributed by atoms with Gasteiger partial charge in [-0.15, -0.1) is 0 Å². The lowest BCUT2D eigenvalue weighted by atomic mass is 10.1. The molecule has 2 aromatic heterocycles. The van der Waals surface area contributed by atoms with E-state index in [1.54, 1.807) is 35.8 Å². The molecule has 0 radical (unpaired) electrons. The number of fused-ring (bicyclic) bond motifs is 1. The standard InChI is InChI=1S/C34H35N5O4S2/c1-23-9-12-30-35-31(37-17-15-36(16-18-37)22-25-7-5-4-6-8-25)26(32(40)39(30)21-23)20-29-33(41)38(34(44)45-29)14-13-24-10-11-27(42-2)28(19-24)43-3/h4-12,19-21H,13-18,22H2,1-3H3. The molecule has 0 aliphatic carbocycles. The Morgan fingerprint density at radius 1 is 0.933 bits per heavy atom. The zero-order chi connectivity index (χ0) is 31.5. The van der Waals surface area contributed by atoms with Crippen molar-refractivity contribution in [3.05, 3.63) is 104 Å². The molecule has 4 heterocycles. The molecular weight excluding hydrogens is 607 g/mol. The van der Waals surface area contributed by atoms with Crippen LogP contribution in [0.3, 0.4) is 0 Å². The second-order valence-electron chi connectivity index (χ2n) is 11.1. The molecule has 2 aliphatic rings. The van der Waals surface area contributed by atoms with Gasteiger partial charge in [0.1, 0.15) is 15.8 Å². The third-order valence-corrected chi connectivity index (χ3v) is 9.51. The SMILES string of the molecule is COc1ccc(CCN2C(=O)C(=Cc3c(N4CCN(Cc5ccccc5)CC4)nc4ccc(C)cn4c3=O)SC2=S)cc1OC. The highest BCUT2D eigenvalue weighted by atomic mass is 32.2. The Labute approximate surface area is 272 Å². The number of aromatic nitrogens is 2. The first-order chi connectivity index (χ1) is 21.8. The van der Waals surface area contributed by atoms with Crippen LogP contribution in [-0.4, -0.2) is 76.4 Å². The predicted molar refractivity (Wildman–Crippen MR) is 183 cm³/mol. The molecule has 2 saturated heterocycles. The molecule has 2 aliphatic heterocycles. The second-order valence-corrected chi connectivity index (χ2v) is 12.8. The van der Waals surface area contributed by atoms with Gasteiger partial charge in [0, 0.05) is 45.5 Å². The number of thiocarbonyl (C=S) groups is 1. The second kappa shape index (κ2) is 13.4. The number of carbonyl (C=O) groups excluding carboxylic acids is 1.